The van der Waals surface area contributed by atoms with E-state index in [2.05, 4.69) is 15.0 Å². The summed E-state index contributed by atoms with van der Waals surface area (Å²) in [5.74, 6) is 0.362. The highest BCUT2D eigenvalue weighted by atomic mass is 35.5. The third-order valence-electron chi connectivity index (χ3n) is 2.80. The minimum absolute atomic E-state index is 0.362. The molecule has 1 aromatic carbocycles. The third kappa shape index (κ3) is 2.11. The van der Waals surface area contributed by atoms with Crippen LogP contribution < -0.4 is 5.73 Å². The molecule has 3 aromatic rings. The van der Waals surface area contributed by atoms with E-state index in [1.807, 2.05) is 16.7 Å². The fourth-order valence-corrected chi connectivity index (χ4v) is 2.25. The number of hydrogen-bond donors (Lipinski definition) is 1. The maximum absolute atomic E-state index is 6.17. The van der Waals surface area contributed by atoms with Crippen molar-refractivity contribution in [2.24, 2.45) is 0 Å². The van der Waals surface area contributed by atoms with Crippen molar-refractivity contribution in [2.45, 2.75) is 6.54 Å². The van der Waals surface area contributed by atoms with Gasteiger partial charge in [-0.15, -0.1) is 0 Å². The summed E-state index contributed by atoms with van der Waals surface area (Å²) in [6.45, 7) is 0.520. The number of hydrogen-bond acceptors (Lipinski definition) is 4. The molecule has 2 aromatic heterocycles. The van der Waals surface area contributed by atoms with Gasteiger partial charge in [-0.1, -0.05) is 35.3 Å². The summed E-state index contributed by atoms with van der Waals surface area (Å²) in [6.07, 6.45) is 3.07. The normalized spacial score (nSPS) is 11.1. The average molecular weight is 294 g/mol. The van der Waals surface area contributed by atoms with E-state index in [9.17, 15) is 0 Å². The highest BCUT2D eigenvalue weighted by Crippen LogP contribution is 2.27. The molecule has 2 N–H and O–H groups in total. The van der Waals surface area contributed by atoms with Crippen LogP contribution in [0.1, 0.15) is 5.56 Å². The molecule has 19 heavy (non-hydrogen) atoms. The monoisotopic (exact) mass is 293 g/mol. The second-order valence-electron chi connectivity index (χ2n) is 4.02. The maximum atomic E-state index is 6.17. The van der Waals surface area contributed by atoms with Crippen molar-refractivity contribution in [3.05, 3.63) is 46.5 Å². The van der Waals surface area contributed by atoms with Crippen LogP contribution in [0.15, 0.2) is 30.9 Å². The summed E-state index contributed by atoms with van der Waals surface area (Å²) in [4.78, 5) is 12.3. The van der Waals surface area contributed by atoms with Crippen molar-refractivity contribution < 1.29 is 0 Å². The second kappa shape index (κ2) is 4.68. The van der Waals surface area contributed by atoms with Crippen LogP contribution in [0.4, 0.5) is 5.82 Å². The lowest BCUT2D eigenvalue weighted by Crippen LogP contribution is -2.01. The zero-order valence-corrected chi connectivity index (χ0v) is 11.2. The van der Waals surface area contributed by atoms with Crippen LogP contribution in [-0.4, -0.2) is 19.5 Å². The number of nitrogen functional groups attached to an aromatic ring is 1. The number of aromatic nitrogens is 4. The first-order valence-electron chi connectivity index (χ1n) is 5.51. The lowest BCUT2D eigenvalue weighted by Gasteiger charge is -2.07. The first-order chi connectivity index (χ1) is 9.16. The Morgan fingerprint density at radius 2 is 2.00 bits per heavy atom. The SMILES string of the molecule is Nc1ncnc2c1ncn2Cc1cccc(Cl)c1Cl. The number of imidazole rings is 1. The minimum atomic E-state index is 0.362. The summed E-state index contributed by atoms with van der Waals surface area (Å²) in [7, 11) is 0. The third-order valence-corrected chi connectivity index (χ3v) is 3.66. The van der Waals surface area contributed by atoms with Gasteiger partial charge in [0.25, 0.3) is 0 Å². The smallest absolute Gasteiger partial charge is 0.165 e. The molecule has 0 saturated heterocycles. The van der Waals surface area contributed by atoms with Crippen molar-refractivity contribution in [3.63, 3.8) is 0 Å². The summed E-state index contributed by atoms with van der Waals surface area (Å²) in [5, 5.41) is 1.06. The molecule has 7 heteroatoms. The molecule has 3 rings (SSSR count). The van der Waals surface area contributed by atoms with Crippen molar-refractivity contribution in [1.29, 1.82) is 0 Å². The fourth-order valence-electron chi connectivity index (χ4n) is 1.87. The van der Waals surface area contributed by atoms with Gasteiger partial charge in [0.1, 0.15) is 11.8 Å². The molecule has 0 unspecified atom stereocenters. The molecule has 5 nitrogen and oxygen atoms in total. The standard InChI is InChI=1S/C12H9Cl2N5/c13-8-3-1-2-7(9(8)14)4-19-6-18-10-11(15)16-5-17-12(10)19/h1-3,5-6H,4H2,(H2,15,16,17). The van der Waals surface area contributed by atoms with E-state index < -0.39 is 0 Å². The molecule has 0 aliphatic heterocycles. The zero-order chi connectivity index (χ0) is 13.4. The lowest BCUT2D eigenvalue weighted by atomic mass is 10.2. The quantitative estimate of drug-likeness (QED) is 0.789. The van der Waals surface area contributed by atoms with Gasteiger partial charge in [-0.3, -0.25) is 0 Å². The van der Waals surface area contributed by atoms with Gasteiger partial charge >= 0.3 is 0 Å². The van der Waals surface area contributed by atoms with E-state index >= 15 is 0 Å². The molecule has 96 valence electrons. The topological polar surface area (TPSA) is 69.6 Å². The molecular weight excluding hydrogens is 285 g/mol. The van der Waals surface area contributed by atoms with E-state index in [0.717, 1.165) is 5.56 Å². The van der Waals surface area contributed by atoms with Crippen molar-refractivity contribution in [2.75, 3.05) is 5.73 Å². The predicted molar refractivity (Wildman–Crippen MR) is 75.3 cm³/mol. The Balaban J connectivity index is 2.07. The van der Waals surface area contributed by atoms with Gasteiger partial charge in [-0.25, -0.2) is 15.0 Å². The van der Waals surface area contributed by atoms with Gasteiger partial charge < -0.3 is 10.3 Å². The van der Waals surface area contributed by atoms with Gasteiger partial charge in [0.05, 0.1) is 22.9 Å². The highest BCUT2D eigenvalue weighted by molar-refractivity contribution is 6.42. The molecule has 2 heterocycles. The van der Waals surface area contributed by atoms with Gasteiger partial charge in [0.15, 0.2) is 11.5 Å². The van der Waals surface area contributed by atoms with Crippen molar-refractivity contribution in [3.8, 4) is 0 Å². The molecule has 0 amide bonds. The van der Waals surface area contributed by atoms with Crippen LogP contribution in [-0.2, 0) is 6.54 Å². The second-order valence-corrected chi connectivity index (χ2v) is 4.80. The van der Waals surface area contributed by atoms with Crippen molar-refractivity contribution in [1.82, 2.24) is 19.5 Å². The van der Waals surface area contributed by atoms with Crippen LogP contribution in [0.3, 0.4) is 0 Å². The summed E-state index contributed by atoms with van der Waals surface area (Å²) < 4.78 is 1.85. The number of fused-ring (bicyclic) bond motifs is 1. The number of nitrogens with two attached hydrogens (primary N) is 1. The Morgan fingerprint density at radius 1 is 1.16 bits per heavy atom. The van der Waals surface area contributed by atoms with Gasteiger partial charge in [0, 0.05) is 0 Å². The molecule has 0 bridgehead atoms. The zero-order valence-electron chi connectivity index (χ0n) is 9.72. The van der Waals surface area contributed by atoms with Crippen LogP contribution in [0.5, 0.6) is 0 Å². The largest absolute Gasteiger partial charge is 0.382 e. The summed E-state index contributed by atoms with van der Waals surface area (Å²) in [5.41, 5.74) is 7.89. The molecule has 0 spiro atoms. The first-order valence-corrected chi connectivity index (χ1v) is 6.26. The molecular formula is C12H9Cl2N5. The maximum Gasteiger partial charge on any atom is 0.165 e. The fraction of sp³-hybridized carbons (Fsp3) is 0.0833. The Labute approximate surface area is 119 Å². The van der Waals surface area contributed by atoms with E-state index in [1.165, 1.54) is 6.33 Å². The summed E-state index contributed by atoms with van der Waals surface area (Å²) >= 11 is 12.2. The van der Waals surface area contributed by atoms with Gasteiger partial charge in [-0.2, -0.15) is 0 Å². The minimum Gasteiger partial charge on any atom is -0.382 e. The highest BCUT2D eigenvalue weighted by Gasteiger charge is 2.10. The number of benzene rings is 1. The van der Waals surface area contributed by atoms with Crippen LogP contribution in [0.2, 0.25) is 10.0 Å². The first kappa shape index (κ1) is 12.2. The Hall–Kier alpha value is -1.85. The number of anilines is 1. The Kier molecular flexibility index (Phi) is 3.00. The number of rotatable bonds is 2. The number of nitrogens with zero attached hydrogens (tertiary/aromatic N) is 4. The van der Waals surface area contributed by atoms with E-state index in [1.54, 1.807) is 12.4 Å². The van der Waals surface area contributed by atoms with Crippen LogP contribution in [0.25, 0.3) is 11.2 Å². The molecule has 0 saturated carbocycles. The van der Waals surface area contributed by atoms with E-state index in [0.29, 0.717) is 33.6 Å². The lowest BCUT2D eigenvalue weighted by molar-refractivity contribution is 0.813. The van der Waals surface area contributed by atoms with E-state index in [-0.39, 0.29) is 0 Å². The van der Waals surface area contributed by atoms with E-state index in [4.69, 9.17) is 28.9 Å². The van der Waals surface area contributed by atoms with Gasteiger partial charge in [0.2, 0.25) is 0 Å². The summed E-state index contributed by atoms with van der Waals surface area (Å²) in [6, 6.07) is 5.51. The van der Waals surface area contributed by atoms with Crippen LogP contribution in [0, 0.1) is 0 Å². The Morgan fingerprint density at radius 3 is 2.84 bits per heavy atom. The van der Waals surface area contributed by atoms with Crippen LogP contribution >= 0.6 is 23.2 Å². The molecule has 0 fully saturated rings. The molecule has 0 aliphatic carbocycles. The Bertz CT molecular complexity index is 753. The van der Waals surface area contributed by atoms with Gasteiger partial charge in [-0.05, 0) is 11.6 Å². The molecule has 0 aliphatic rings. The predicted octanol–water partition coefficient (Wildman–Crippen LogP) is 2.76. The molecule has 0 radical (unpaired) electrons. The molecule has 0 atom stereocenters. The van der Waals surface area contributed by atoms with Crippen molar-refractivity contribution >= 4 is 40.2 Å². The number of halogens is 2. The average Bonchev–Trinajstić information content (AvgIpc) is 2.80.